The number of nitrogens with zero attached hydrogens (tertiary/aromatic N) is 3. The largest absolute Gasteiger partial charge is 0.383 e. The zero-order valence-corrected chi connectivity index (χ0v) is 18.5. The molecule has 2 fully saturated rings. The molecule has 12 heteroatoms. The summed E-state index contributed by atoms with van der Waals surface area (Å²) in [7, 11) is 1.58. The number of carbonyl (C=O) groups is 3. The molecule has 176 valence electrons. The van der Waals surface area contributed by atoms with Gasteiger partial charge in [-0.15, -0.1) is 0 Å². The molecule has 3 rings (SSSR count). The number of anilines is 2. The normalized spacial score (nSPS) is 17.5. The molecule has 1 saturated carbocycles. The molecule has 2 heterocycles. The first kappa shape index (κ1) is 23.4. The summed E-state index contributed by atoms with van der Waals surface area (Å²) in [6.07, 6.45) is 5.27. The summed E-state index contributed by atoms with van der Waals surface area (Å²) in [6, 6.07) is -0.637. The molecule has 0 aromatic carbocycles. The highest BCUT2D eigenvalue weighted by atomic mass is 16.2. The van der Waals surface area contributed by atoms with Gasteiger partial charge in [0, 0.05) is 26.6 Å². The second-order valence-electron chi connectivity index (χ2n) is 8.42. The first-order valence-corrected chi connectivity index (χ1v) is 11.0. The van der Waals surface area contributed by atoms with Crippen LogP contribution in [0, 0.1) is 0 Å². The quantitative estimate of drug-likeness (QED) is 0.407. The van der Waals surface area contributed by atoms with Crippen LogP contribution in [0.15, 0.2) is 9.59 Å². The standard InChI is InChI=1S/C20H31N7O5/c1-3-4-11-26-15(21)14(16(29)22-18(26)31)25(2)12-8-13(28)24-27-17(30)20(23-19(27)32)9-6-5-7-10-20/h3-12,21H2,1-2H3,(H,23,32)(H,24,28)(H,22,29,31). The molecule has 0 bridgehead atoms. The molecule has 1 saturated heterocycles. The number of imide groups is 1. The van der Waals surface area contributed by atoms with E-state index in [1.54, 1.807) is 7.05 Å². The maximum absolute atomic E-state index is 12.8. The van der Waals surface area contributed by atoms with Crippen LogP contribution in [-0.4, -0.2) is 51.5 Å². The van der Waals surface area contributed by atoms with E-state index in [2.05, 4.69) is 15.7 Å². The van der Waals surface area contributed by atoms with Crippen molar-refractivity contribution in [2.75, 3.05) is 24.2 Å². The lowest BCUT2D eigenvalue weighted by Crippen LogP contribution is -2.51. The molecule has 1 aliphatic carbocycles. The Labute approximate surface area is 185 Å². The molecular formula is C20H31N7O5. The van der Waals surface area contributed by atoms with Gasteiger partial charge in [0.25, 0.3) is 11.5 Å². The number of amides is 4. The van der Waals surface area contributed by atoms with Gasteiger partial charge < -0.3 is 16.0 Å². The molecule has 0 radical (unpaired) electrons. The van der Waals surface area contributed by atoms with Crippen LogP contribution in [0.25, 0.3) is 0 Å². The van der Waals surface area contributed by atoms with E-state index in [9.17, 15) is 24.0 Å². The van der Waals surface area contributed by atoms with E-state index in [4.69, 9.17) is 5.73 Å². The van der Waals surface area contributed by atoms with Gasteiger partial charge in [0.05, 0.1) is 0 Å². The first-order chi connectivity index (χ1) is 15.2. The van der Waals surface area contributed by atoms with E-state index in [0.717, 1.165) is 37.1 Å². The minimum absolute atomic E-state index is 0.0310. The van der Waals surface area contributed by atoms with Crippen molar-refractivity contribution in [1.82, 2.24) is 25.3 Å². The van der Waals surface area contributed by atoms with Crippen LogP contribution in [-0.2, 0) is 16.1 Å². The third-order valence-corrected chi connectivity index (χ3v) is 6.11. The van der Waals surface area contributed by atoms with E-state index >= 15 is 0 Å². The van der Waals surface area contributed by atoms with Gasteiger partial charge in [-0.1, -0.05) is 32.6 Å². The smallest absolute Gasteiger partial charge is 0.344 e. The fraction of sp³-hybridized carbons (Fsp3) is 0.650. The van der Waals surface area contributed by atoms with Crippen LogP contribution in [0.1, 0.15) is 58.3 Å². The summed E-state index contributed by atoms with van der Waals surface area (Å²) in [4.78, 5) is 65.6. The van der Waals surface area contributed by atoms with Crippen LogP contribution in [0.4, 0.5) is 16.3 Å². The summed E-state index contributed by atoms with van der Waals surface area (Å²) in [6.45, 7) is 2.42. The molecule has 12 nitrogen and oxygen atoms in total. The molecular weight excluding hydrogens is 418 g/mol. The number of hydrogen-bond acceptors (Lipinski definition) is 7. The second kappa shape index (κ2) is 9.45. The number of aromatic amines is 1. The van der Waals surface area contributed by atoms with Crippen LogP contribution in [0.2, 0.25) is 0 Å². The van der Waals surface area contributed by atoms with E-state index in [1.807, 2.05) is 6.92 Å². The molecule has 1 aliphatic heterocycles. The van der Waals surface area contributed by atoms with Crippen molar-refractivity contribution in [3.05, 3.63) is 20.8 Å². The van der Waals surface area contributed by atoms with Crippen LogP contribution in [0.5, 0.6) is 0 Å². The lowest BCUT2D eigenvalue weighted by Gasteiger charge is -2.30. The number of H-pyrrole nitrogens is 1. The lowest BCUT2D eigenvalue weighted by atomic mass is 9.82. The Balaban J connectivity index is 1.64. The Bertz CT molecular complexity index is 1010. The molecule has 0 atom stereocenters. The predicted octanol–water partition coefficient (Wildman–Crippen LogP) is 0.0311. The van der Waals surface area contributed by atoms with E-state index < -0.39 is 34.6 Å². The van der Waals surface area contributed by atoms with Gasteiger partial charge in [-0.3, -0.25) is 29.4 Å². The molecule has 0 unspecified atom stereocenters. The number of unbranched alkanes of at least 4 members (excludes halogenated alkanes) is 1. The van der Waals surface area contributed by atoms with Crippen molar-refractivity contribution in [2.45, 2.75) is 70.4 Å². The van der Waals surface area contributed by atoms with Crippen molar-refractivity contribution in [2.24, 2.45) is 0 Å². The summed E-state index contributed by atoms with van der Waals surface area (Å²) in [5.41, 5.74) is 6.39. The van der Waals surface area contributed by atoms with Crippen molar-refractivity contribution in [3.63, 3.8) is 0 Å². The van der Waals surface area contributed by atoms with E-state index in [1.165, 1.54) is 9.47 Å². The van der Waals surface area contributed by atoms with Gasteiger partial charge in [-0.25, -0.2) is 9.59 Å². The highest BCUT2D eigenvalue weighted by Gasteiger charge is 2.52. The SMILES string of the molecule is CCCCn1c(N)c(N(C)CCC(=O)NN2C(=O)NC3(CCCCC3)C2=O)c(=O)[nH]c1=O. The van der Waals surface area contributed by atoms with Crippen LogP contribution >= 0.6 is 0 Å². The number of nitrogens with two attached hydrogens (primary N) is 1. The van der Waals surface area contributed by atoms with Crippen molar-refractivity contribution in [1.29, 1.82) is 0 Å². The van der Waals surface area contributed by atoms with Gasteiger partial charge in [0.15, 0.2) is 0 Å². The number of hydrazine groups is 1. The maximum Gasteiger partial charge on any atom is 0.344 e. The molecule has 5 N–H and O–H groups in total. The van der Waals surface area contributed by atoms with Gasteiger partial charge in [0.2, 0.25) is 5.91 Å². The van der Waals surface area contributed by atoms with Gasteiger partial charge in [-0.05, 0) is 19.3 Å². The lowest BCUT2D eigenvalue weighted by molar-refractivity contribution is -0.139. The average Bonchev–Trinajstić information content (AvgIpc) is 2.96. The fourth-order valence-electron chi connectivity index (χ4n) is 4.26. The Hall–Kier alpha value is -3.31. The number of nitrogen functional groups attached to an aromatic ring is 1. The highest BCUT2D eigenvalue weighted by Crippen LogP contribution is 2.33. The molecule has 1 aromatic heterocycles. The Morgan fingerprint density at radius 1 is 1.19 bits per heavy atom. The maximum atomic E-state index is 12.8. The summed E-state index contributed by atoms with van der Waals surface area (Å²) in [5.74, 6) is -0.960. The molecule has 1 aromatic rings. The Morgan fingerprint density at radius 2 is 1.88 bits per heavy atom. The predicted molar refractivity (Wildman–Crippen MR) is 118 cm³/mol. The Kier molecular flexibility index (Phi) is 6.90. The first-order valence-electron chi connectivity index (χ1n) is 11.0. The number of carbonyl (C=O) groups excluding carboxylic acids is 3. The molecule has 32 heavy (non-hydrogen) atoms. The zero-order valence-electron chi connectivity index (χ0n) is 18.5. The third-order valence-electron chi connectivity index (χ3n) is 6.11. The van der Waals surface area contributed by atoms with Crippen molar-refractivity contribution < 1.29 is 14.4 Å². The molecule has 2 aliphatic rings. The summed E-state index contributed by atoms with van der Waals surface area (Å²) in [5, 5.41) is 3.48. The number of rotatable bonds is 8. The van der Waals surface area contributed by atoms with Crippen molar-refractivity contribution in [3.8, 4) is 0 Å². The zero-order chi connectivity index (χ0) is 23.5. The van der Waals surface area contributed by atoms with Crippen LogP contribution in [0.3, 0.4) is 0 Å². The molecule has 1 spiro atoms. The Morgan fingerprint density at radius 3 is 2.53 bits per heavy atom. The van der Waals surface area contributed by atoms with E-state index in [0.29, 0.717) is 19.4 Å². The van der Waals surface area contributed by atoms with Gasteiger partial charge >= 0.3 is 11.7 Å². The van der Waals surface area contributed by atoms with Gasteiger partial charge in [0.1, 0.15) is 17.0 Å². The summed E-state index contributed by atoms with van der Waals surface area (Å²) >= 11 is 0. The fourth-order valence-corrected chi connectivity index (χ4v) is 4.26. The van der Waals surface area contributed by atoms with Crippen molar-refractivity contribution >= 4 is 29.4 Å². The monoisotopic (exact) mass is 449 g/mol. The third kappa shape index (κ3) is 4.48. The number of urea groups is 1. The second-order valence-corrected chi connectivity index (χ2v) is 8.42. The highest BCUT2D eigenvalue weighted by molar-refractivity contribution is 6.08. The minimum Gasteiger partial charge on any atom is -0.383 e. The van der Waals surface area contributed by atoms with Crippen LogP contribution < -0.4 is 32.6 Å². The topological polar surface area (TPSA) is 163 Å². The number of hydrogen-bond donors (Lipinski definition) is 4. The average molecular weight is 450 g/mol. The number of nitrogens with one attached hydrogen (secondary N) is 3. The molecule has 4 amide bonds. The number of aromatic nitrogens is 2. The van der Waals surface area contributed by atoms with Gasteiger partial charge in [-0.2, -0.15) is 5.01 Å². The van der Waals surface area contributed by atoms with E-state index in [-0.39, 0.29) is 24.5 Å². The minimum atomic E-state index is -0.923. The summed E-state index contributed by atoms with van der Waals surface area (Å²) < 4.78 is 1.30.